The molecule has 0 atom stereocenters. The molecule has 118 valence electrons. The second-order valence-electron chi connectivity index (χ2n) is 5.11. The first-order valence-electron chi connectivity index (χ1n) is 7.19. The monoisotopic (exact) mass is 322 g/mol. The van der Waals surface area contributed by atoms with Crippen molar-refractivity contribution in [2.24, 2.45) is 0 Å². The van der Waals surface area contributed by atoms with E-state index in [0.29, 0.717) is 36.5 Å². The van der Waals surface area contributed by atoms with Gasteiger partial charge in [-0.05, 0) is 31.0 Å². The normalized spacial score (nSPS) is 15.2. The maximum absolute atomic E-state index is 12.4. The molecule has 0 saturated carbocycles. The van der Waals surface area contributed by atoms with Gasteiger partial charge in [0.1, 0.15) is 6.61 Å². The number of nitrogens with zero attached hydrogens (tertiary/aromatic N) is 1. The van der Waals surface area contributed by atoms with Gasteiger partial charge >= 0.3 is 6.09 Å². The molecule has 0 aliphatic carbocycles. The van der Waals surface area contributed by atoms with Crippen molar-refractivity contribution in [2.45, 2.75) is 18.9 Å². The van der Waals surface area contributed by atoms with Crippen LogP contribution in [0.2, 0.25) is 5.02 Å². The van der Waals surface area contributed by atoms with Crippen LogP contribution in [0.3, 0.4) is 0 Å². The molecule has 2 rings (SSSR count). The number of nitrogens with one attached hydrogen (secondary N) is 1. The molecular weight excluding hydrogens is 304 g/mol. The van der Waals surface area contributed by atoms with Crippen molar-refractivity contribution in [3.8, 4) is 0 Å². The predicted molar refractivity (Wildman–Crippen MR) is 85.1 cm³/mol. The van der Waals surface area contributed by atoms with Crippen molar-refractivity contribution in [3.05, 3.63) is 47.5 Å². The van der Waals surface area contributed by atoms with E-state index in [9.17, 15) is 9.59 Å². The summed E-state index contributed by atoms with van der Waals surface area (Å²) in [5.74, 6) is -0.0322. The van der Waals surface area contributed by atoms with Crippen molar-refractivity contribution >= 4 is 23.6 Å². The third-order valence-corrected chi connectivity index (χ3v) is 3.74. The summed E-state index contributed by atoms with van der Waals surface area (Å²) in [5, 5.41) is 3.34. The Hall–Kier alpha value is -2.01. The van der Waals surface area contributed by atoms with Crippen LogP contribution in [0.4, 0.5) is 4.79 Å². The zero-order chi connectivity index (χ0) is 15.9. The fourth-order valence-electron chi connectivity index (χ4n) is 2.37. The topological polar surface area (TPSA) is 58.6 Å². The SMILES string of the molecule is C=CCOC(=O)NC1CCN(C(=O)c2cccc(Cl)c2)CC1. The number of amides is 2. The molecule has 1 aromatic rings. The molecule has 0 radical (unpaired) electrons. The zero-order valence-electron chi connectivity index (χ0n) is 12.3. The molecule has 1 aromatic carbocycles. The summed E-state index contributed by atoms with van der Waals surface area (Å²) in [5.41, 5.74) is 0.587. The number of rotatable bonds is 4. The average molecular weight is 323 g/mol. The number of carbonyl (C=O) groups is 2. The Morgan fingerprint density at radius 1 is 1.41 bits per heavy atom. The summed E-state index contributed by atoms with van der Waals surface area (Å²) < 4.78 is 4.89. The Morgan fingerprint density at radius 3 is 2.77 bits per heavy atom. The van der Waals surface area contributed by atoms with E-state index in [1.165, 1.54) is 6.08 Å². The standard InChI is InChI=1S/C16H19ClN2O3/c1-2-10-22-16(21)18-14-6-8-19(9-7-14)15(20)12-4-3-5-13(17)11-12/h2-5,11,14H,1,6-10H2,(H,18,21). The summed E-state index contributed by atoms with van der Waals surface area (Å²) in [6, 6.07) is 6.95. The van der Waals surface area contributed by atoms with E-state index in [4.69, 9.17) is 16.3 Å². The van der Waals surface area contributed by atoms with E-state index >= 15 is 0 Å². The smallest absolute Gasteiger partial charge is 0.407 e. The summed E-state index contributed by atoms with van der Waals surface area (Å²) >= 11 is 5.91. The largest absolute Gasteiger partial charge is 0.445 e. The highest BCUT2D eigenvalue weighted by atomic mass is 35.5. The molecule has 6 heteroatoms. The van der Waals surface area contributed by atoms with Crippen LogP contribution in [0.15, 0.2) is 36.9 Å². The van der Waals surface area contributed by atoms with Crippen LogP contribution < -0.4 is 5.32 Å². The van der Waals surface area contributed by atoms with E-state index in [1.807, 2.05) is 0 Å². The lowest BCUT2D eigenvalue weighted by molar-refractivity contribution is 0.0703. The van der Waals surface area contributed by atoms with Gasteiger partial charge < -0.3 is 15.0 Å². The van der Waals surface area contributed by atoms with Crippen molar-refractivity contribution in [1.29, 1.82) is 0 Å². The van der Waals surface area contributed by atoms with E-state index in [0.717, 1.165) is 0 Å². The molecule has 1 aliphatic rings. The Balaban J connectivity index is 1.83. The first-order valence-corrected chi connectivity index (χ1v) is 7.57. The van der Waals surface area contributed by atoms with Crippen LogP contribution in [0, 0.1) is 0 Å². The lowest BCUT2D eigenvalue weighted by atomic mass is 10.0. The van der Waals surface area contributed by atoms with Gasteiger partial charge in [-0.1, -0.05) is 30.3 Å². The summed E-state index contributed by atoms with van der Waals surface area (Å²) in [6.07, 6.45) is 2.48. The minimum Gasteiger partial charge on any atom is -0.445 e. The van der Waals surface area contributed by atoms with Crippen molar-refractivity contribution in [2.75, 3.05) is 19.7 Å². The minimum atomic E-state index is -0.445. The zero-order valence-corrected chi connectivity index (χ0v) is 13.0. The van der Waals surface area contributed by atoms with E-state index in [2.05, 4.69) is 11.9 Å². The minimum absolute atomic E-state index is 0.0285. The molecule has 2 amide bonds. The van der Waals surface area contributed by atoms with E-state index in [1.54, 1.807) is 29.2 Å². The number of hydrogen-bond acceptors (Lipinski definition) is 3. The van der Waals surface area contributed by atoms with Crippen LogP contribution in [0.5, 0.6) is 0 Å². The fourth-order valence-corrected chi connectivity index (χ4v) is 2.56. The summed E-state index contributed by atoms with van der Waals surface area (Å²) in [4.78, 5) is 25.6. The molecule has 0 spiro atoms. The molecule has 5 nitrogen and oxygen atoms in total. The van der Waals surface area contributed by atoms with Crippen molar-refractivity contribution in [3.63, 3.8) is 0 Å². The number of ether oxygens (including phenoxy) is 1. The lowest BCUT2D eigenvalue weighted by Crippen LogP contribution is -2.46. The molecule has 0 bridgehead atoms. The third kappa shape index (κ3) is 4.49. The number of alkyl carbamates (subject to hydrolysis) is 1. The summed E-state index contributed by atoms with van der Waals surface area (Å²) in [6.45, 7) is 4.87. The highest BCUT2D eigenvalue weighted by Crippen LogP contribution is 2.16. The highest BCUT2D eigenvalue weighted by Gasteiger charge is 2.24. The van der Waals surface area contributed by atoms with Gasteiger partial charge in [0.2, 0.25) is 0 Å². The van der Waals surface area contributed by atoms with Gasteiger partial charge in [0.15, 0.2) is 0 Å². The Labute approximate surface area is 134 Å². The molecule has 0 unspecified atom stereocenters. The molecule has 1 aliphatic heterocycles. The van der Waals surface area contributed by atoms with Crippen LogP contribution in [-0.4, -0.2) is 42.6 Å². The van der Waals surface area contributed by atoms with Crippen LogP contribution in [-0.2, 0) is 4.74 Å². The molecule has 1 heterocycles. The van der Waals surface area contributed by atoms with Gasteiger partial charge in [-0.15, -0.1) is 0 Å². The molecule has 22 heavy (non-hydrogen) atoms. The first kappa shape index (κ1) is 16.4. The molecule has 0 aromatic heterocycles. The maximum Gasteiger partial charge on any atom is 0.407 e. The van der Waals surface area contributed by atoms with Gasteiger partial charge in [0, 0.05) is 29.7 Å². The van der Waals surface area contributed by atoms with Crippen molar-refractivity contribution in [1.82, 2.24) is 10.2 Å². The lowest BCUT2D eigenvalue weighted by Gasteiger charge is -2.32. The van der Waals surface area contributed by atoms with Gasteiger partial charge in [-0.3, -0.25) is 4.79 Å². The number of halogens is 1. The third-order valence-electron chi connectivity index (χ3n) is 3.51. The van der Waals surface area contributed by atoms with E-state index in [-0.39, 0.29) is 18.6 Å². The van der Waals surface area contributed by atoms with Gasteiger partial charge in [0.25, 0.3) is 5.91 Å². The van der Waals surface area contributed by atoms with Crippen molar-refractivity contribution < 1.29 is 14.3 Å². The van der Waals surface area contributed by atoms with Gasteiger partial charge in [-0.25, -0.2) is 4.79 Å². The van der Waals surface area contributed by atoms with Crippen LogP contribution in [0.1, 0.15) is 23.2 Å². The molecular formula is C16H19ClN2O3. The van der Waals surface area contributed by atoms with Crippen LogP contribution in [0.25, 0.3) is 0 Å². The molecule has 1 saturated heterocycles. The molecule has 1 fully saturated rings. The average Bonchev–Trinajstić information content (AvgIpc) is 2.53. The van der Waals surface area contributed by atoms with Gasteiger partial charge in [0.05, 0.1) is 0 Å². The second-order valence-corrected chi connectivity index (χ2v) is 5.54. The maximum atomic E-state index is 12.4. The van der Waals surface area contributed by atoms with Gasteiger partial charge in [-0.2, -0.15) is 0 Å². The molecule has 1 N–H and O–H groups in total. The summed E-state index contributed by atoms with van der Waals surface area (Å²) in [7, 11) is 0. The second kappa shape index (κ2) is 7.84. The number of carbonyl (C=O) groups excluding carboxylic acids is 2. The fraction of sp³-hybridized carbons (Fsp3) is 0.375. The number of hydrogen-bond donors (Lipinski definition) is 1. The number of benzene rings is 1. The Bertz CT molecular complexity index is 554. The number of likely N-dealkylation sites (tertiary alicyclic amines) is 1. The Kier molecular flexibility index (Phi) is 5.83. The Morgan fingerprint density at radius 2 is 2.14 bits per heavy atom. The number of piperidine rings is 1. The van der Waals surface area contributed by atoms with E-state index < -0.39 is 6.09 Å². The quantitative estimate of drug-likeness (QED) is 0.867. The highest BCUT2D eigenvalue weighted by molar-refractivity contribution is 6.30. The van der Waals surface area contributed by atoms with Crippen LogP contribution >= 0.6 is 11.6 Å². The first-order chi connectivity index (χ1) is 10.6. The predicted octanol–water partition coefficient (Wildman–Crippen LogP) is 2.86.